The fraction of sp³-hybridized carbons (Fsp3) is 0.320. The van der Waals surface area contributed by atoms with Crippen LogP contribution in [0.2, 0.25) is 0 Å². The molecule has 3 aromatic rings. The van der Waals surface area contributed by atoms with Crippen molar-refractivity contribution in [3.8, 4) is 5.75 Å². The molecule has 31 heavy (non-hydrogen) atoms. The summed E-state index contributed by atoms with van der Waals surface area (Å²) in [6, 6.07) is 10.4. The zero-order valence-corrected chi connectivity index (χ0v) is 18.2. The van der Waals surface area contributed by atoms with Gasteiger partial charge in [-0.1, -0.05) is 0 Å². The number of amides is 1. The molecule has 0 unspecified atom stereocenters. The normalized spacial score (nSPS) is 14.9. The lowest BCUT2D eigenvalue weighted by Gasteiger charge is -2.35. The van der Waals surface area contributed by atoms with Crippen molar-refractivity contribution in [2.75, 3.05) is 37.7 Å². The highest BCUT2D eigenvalue weighted by Gasteiger charge is 2.21. The molecule has 2 aromatic carbocycles. The lowest BCUT2D eigenvalue weighted by molar-refractivity contribution is -0.126. The Morgan fingerprint density at radius 2 is 1.87 bits per heavy atom. The molecule has 0 spiro atoms. The van der Waals surface area contributed by atoms with Crippen LogP contribution in [0.1, 0.15) is 25.0 Å². The van der Waals surface area contributed by atoms with Gasteiger partial charge in [-0.05, 0) is 62.2 Å². The van der Waals surface area contributed by atoms with E-state index in [4.69, 9.17) is 9.15 Å². The van der Waals surface area contributed by atoms with Gasteiger partial charge in [0.15, 0.2) is 0 Å². The van der Waals surface area contributed by atoms with Crippen molar-refractivity contribution >= 4 is 28.1 Å². The lowest BCUT2D eigenvalue weighted by Crippen LogP contribution is -2.48. The summed E-state index contributed by atoms with van der Waals surface area (Å²) in [5, 5.41) is 1.02. The summed E-state index contributed by atoms with van der Waals surface area (Å²) < 4.78 is 24.6. The van der Waals surface area contributed by atoms with Crippen LogP contribution in [0, 0.1) is 12.7 Å². The number of hydrogen-bond donors (Lipinski definition) is 0. The quantitative estimate of drug-likeness (QED) is 0.541. The summed E-state index contributed by atoms with van der Waals surface area (Å²) in [4.78, 5) is 17.0. The maximum Gasteiger partial charge on any atom is 0.246 e. The van der Waals surface area contributed by atoms with E-state index in [2.05, 4.69) is 4.90 Å². The number of anilines is 1. The Balaban J connectivity index is 1.49. The molecule has 1 saturated heterocycles. The molecule has 1 amide bonds. The third-order valence-corrected chi connectivity index (χ3v) is 5.72. The first-order chi connectivity index (χ1) is 15.0. The fourth-order valence-electron chi connectivity index (χ4n) is 3.96. The number of aryl methyl sites for hydroxylation is 1. The number of piperazine rings is 1. The van der Waals surface area contributed by atoms with E-state index in [1.807, 2.05) is 37.8 Å². The average Bonchev–Trinajstić information content (AvgIpc) is 3.13. The molecular weight excluding hydrogens is 395 g/mol. The first kappa shape index (κ1) is 21.0. The Morgan fingerprint density at radius 1 is 1.16 bits per heavy atom. The standard InChI is InChI=1S/C25H27FN2O3/c1-4-30-23-15-24-22(18(3)16-31-24)14-21(23)17(2)13-25(29)28-11-9-27(10-12-28)20-7-5-19(26)6-8-20/h5-8,13-16H,4,9-12H2,1-3H3/b17-13+. The number of benzene rings is 2. The molecule has 1 aliphatic rings. The Labute approximate surface area is 181 Å². The summed E-state index contributed by atoms with van der Waals surface area (Å²) in [6.07, 6.45) is 3.42. The van der Waals surface area contributed by atoms with E-state index in [-0.39, 0.29) is 11.7 Å². The zero-order valence-electron chi connectivity index (χ0n) is 18.2. The predicted molar refractivity (Wildman–Crippen MR) is 121 cm³/mol. The molecule has 1 fully saturated rings. The van der Waals surface area contributed by atoms with Crippen LogP contribution in [0.5, 0.6) is 5.75 Å². The molecule has 0 bridgehead atoms. The molecular formula is C25H27FN2O3. The van der Waals surface area contributed by atoms with E-state index >= 15 is 0 Å². The molecule has 162 valence electrons. The van der Waals surface area contributed by atoms with Crippen molar-refractivity contribution in [3.05, 3.63) is 65.7 Å². The van der Waals surface area contributed by atoms with Crippen molar-refractivity contribution in [1.29, 1.82) is 0 Å². The number of rotatable bonds is 5. The number of allylic oxidation sites excluding steroid dienone is 1. The third-order valence-electron chi connectivity index (χ3n) is 5.72. The summed E-state index contributed by atoms with van der Waals surface area (Å²) >= 11 is 0. The number of halogens is 1. The van der Waals surface area contributed by atoms with Crippen molar-refractivity contribution in [1.82, 2.24) is 4.90 Å². The van der Waals surface area contributed by atoms with Crippen LogP contribution in [0.15, 0.2) is 53.2 Å². The molecule has 0 atom stereocenters. The number of carbonyl (C=O) groups excluding carboxylic acids is 1. The molecule has 0 radical (unpaired) electrons. The first-order valence-corrected chi connectivity index (χ1v) is 10.6. The molecule has 1 aromatic heterocycles. The van der Waals surface area contributed by atoms with Gasteiger partial charge < -0.3 is 19.0 Å². The van der Waals surface area contributed by atoms with Crippen LogP contribution >= 0.6 is 0 Å². The molecule has 6 heteroatoms. The molecule has 4 rings (SSSR count). The summed E-state index contributed by atoms with van der Waals surface area (Å²) in [6.45, 7) is 9.09. The highest BCUT2D eigenvalue weighted by molar-refractivity contribution is 5.97. The van der Waals surface area contributed by atoms with Gasteiger partial charge in [0.1, 0.15) is 17.1 Å². The largest absolute Gasteiger partial charge is 0.493 e. The molecule has 5 nitrogen and oxygen atoms in total. The predicted octanol–water partition coefficient (Wildman–Crippen LogP) is 5.03. The number of hydrogen-bond acceptors (Lipinski definition) is 4. The number of carbonyl (C=O) groups is 1. The van der Waals surface area contributed by atoms with Crippen LogP contribution < -0.4 is 9.64 Å². The van der Waals surface area contributed by atoms with Crippen LogP contribution in [0.3, 0.4) is 0 Å². The van der Waals surface area contributed by atoms with E-state index in [9.17, 15) is 9.18 Å². The van der Waals surface area contributed by atoms with E-state index in [0.717, 1.165) is 33.4 Å². The summed E-state index contributed by atoms with van der Waals surface area (Å²) in [7, 11) is 0. The monoisotopic (exact) mass is 422 g/mol. The van der Waals surface area contributed by atoms with E-state index in [0.29, 0.717) is 38.5 Å². The van der Waals surface area contributed by atoms with Crippen molar-refractivity contribution in [3.63, 3.8) is 0 Å². The maximum atomic E-state index is 13.2. The van der Waals surface area contributed by atoms with Crippen LogP contribution in [-0.4, -0.2) is 43.6 Å². The van der Waals surface area contributed by atoms with Gasteiger partial charge in [0, 0.05) is 55.0 Å². The minimum Gasteiger partial charge on any atom is -0.493 e. The van der Waals surface area contributed by atoms with E-state index in [1.54, 1.807) is 24.5 Å². The number of ether oxygens (including phenoxy) is 1. The highest BCUT2D eigenvalue weighted by Crippen LogP contribution is 2.33. The van der Waals surface area contributed by atoms with Crippen LogP contribution in [0.4, 0.5) is 10.1 Å². The third kappa shape index (κ3) is 4.43. The second-order valence-electron chi connectivity index (χ2n) is 7.81. The second-order valence-corrected chi connectivity index (χ2v) is 7.81. The fourth-order valence-corrected chi connectivity index (χ4v) is 3.96. The molecule has 2 heterocycles. The van der Waals surface area contributed by atoms with Crippen LogP contribution in [0.25, 0.3) is 16.5 Å². The van der Waals surface area contributed by atoms with Gasteiger partial charge in [-0.25, -0.2) is 4.39 Å². The Hall–Kier alpha value is -3.28. The van der Waals surface area contributed by atoms with Gasteiger partial charge >= 0.3 is 0 Å². The second kappa shape index (κ2) is 8.84. The van der Waals surface area contributed by atoms with Gasteiger partial charge in [0.2, 0.25) is 5.91 Å². The molecule has 0 aliphatic carbocycles. The van der Waals surface area contributed by atoms with Gasteiger partial charge in [-0.15, -0.1) is 0 Å². The van der Waals surface area contributed by atoms with Gasteiger partial charge in [-0.3, -0.25) is 4.79 Å². The molecule has 1 aliphatic heterocycles. The first-order valence-electron chi connectivity index (χ1n) is 10.6. The summed E-state index contributed by atoms with van der Waals surface area (Å²) in [5.74, 6) is 0.461. The SMILES string of the molecule is CCOc1cc2occ(C)c2cc1/C(C)=C/C(=O)N1CCN(c2ccc(F)cc2)CC1. The molecule has 0 saturated carbocycles. The lowest BCUT2D eigenvalue weighted by atomic mass is 10.0. The van der Waals surface area contributed by atoms with E-state index < -0.39 is 0 Å². The highest BCUT2D eigenvalue weighted by atomic mass is 19.1. The van der Waals surface area contributed by atoms with Gasteiger partial charge in [-0.2, -0.15) is 0 Å². The van der Waals surface area contributed by atoms with E-state index in [1.165, 1.54) is 12.1 Å². The number of nitrogens with zero attached hydrogens (tertiary/aromatic N) is 2. The minimum absolute atomic E-state index is 0.0114. The minimum atomic E-state index is -0.242. The van der Waals surface area contributed by atoms with Crippen molar-refractivity contribution in [2.24, 2.45) is 0 Å². The number of fused-ring (bicyclic) bond motifs is 1. The van der Waals surface area contributed by atoms with Gasteiger partial charge in [0.05, 0.1) is 12.9 Å². The van der Waals surface area contributed by atoms with Crippen molar-refractivity contribution in [2.45, 2.75) is 20.8 Å². The molecule has 0 N–H and O–H groups in total. The smallest absolute Gasteiger partial charge is 0.246 e. The van der Waals surface area contributed by atoms with Crippen LogP contribution in [-0.2, 0) is 4.79 Å². The van der Waals surface area contributed by atoms with Crippen molar-refractivity contribution < 1.29 is 18.3 Å². The zero-order chi connectivity index (χ0) is 22.0. The average molecular weight is 423 g/mol. The van der Waals surface area contributed by atoms with Gasteiger partial charge in [0.25, 0.3) is 0 Å². The Morgan fingerprint density at radius 3 is 2.55 bits per heavy atom. The topological polar surface area (TPSA) is 45.9 Å². The Bertz CT molecular complexity index is 1110. The Kier molecular flexibility index (Phi) is 5.98. The summed E-state index contributed by atoms with van der Waals surface area (Å²) in [5.41, 5.74) is 4.57. The maximum absolute atomic E-state index is 13.2. The number of furan rings is 1.